The van der Waals surface area contributed by atoms with E-state index in [0.717, 1.165) is 11.3 Å². The molecule has 26 heavy (non-hydrogen) atoms. The first-order chi connectivity index (χ1) is 12.6. The van der Waals surface area contributed by atoms with Crippen LogP contribution in [0.2, 0.25) is 0 Å². The van der Waals surface area contributed by atoms with E-state index in [2.05, 4.69) is 15.4 Å². The molecule has 2 aromatic carbocycles. The molecular weight excluding hydrogens is 332 g/mol. The van der Waals surface area contributed by atoms with Gasteiger partial charge in [-0.3, -0.25) is 0 Å². The summed E-state index contributed by atoms with van der Waals surface area (Å²) in [5, 5.41) is 22.5. The molecule has 0 aliphatic carbocycles. The third-order valence-electron chi connectivity index (χ3n) is 3.71. The molecule has 1 N–H and O–H groups in total. The normalized spacial score (nSPS) is 12.0. The van der Waals surface area contributed by atoms with Gasteiger partial charge in [0, 0.05) is 5.56 Å². The van der Waals surface area contributed by atoms with Gasteiger partial charge in [0.2, 0.25) is 5.82 Å². The minimum atomic E-state index is -0.748. The second kappa shape index (κ2) is 8.44. The smallest absolute Gasteiger partial charge is 0.204 e. The zero-order valence-corrected chi connectivity index (χ0v) is 14.9. The average molecular weight is 354 g/mol. The van der Waals surface area contributed by atoms with Crippen LogP contribution in [-0.4, -0.2) is 44.6 Å². The molecule has 7 heteroatoms. The molecule has 3 aromatic rings. The van der Waals surface area contributed by atoms with Crippen LogP contribution in [0, 0.1) is 6.92 Å². The third-order valence-corrected chi connectivity index (χ3v) is 3.71. The van der Waals surface area contributed by atoms with Crippen LogP contribution in [0.25, 0.3) is 11.4 Å². The highest BCUT2D eigenvalue weighted by Crippen LogP contribution is 2.18. The summed E-state index contributed by atoms with van der Waals surface area (Å²) >= 11 is 0. The summed E-state index contributed by atoms with van der Waals surface area (Å²) < 4.78 is 11.0. The average Bonchev–Trinajstić information content (AvgIpc) is 3.10. The Morgan fingerprint density at radius 3 is 2.31 bits per heavy atom. The van der Waals surface area contributed by atoms with E-state index in [4.69, 9.17) is 9.47 Å². The van der Waals surface area contributed by atoms with E-state index in [1.165, 1.54) is 10.4 Å². The van der Waals surface area contributed by atoms with Crippen molar-refractivity contribution < 1.29 is 14.6 Å². The Morgan fingerprint density at radius 1 is 1.00 bits per heavy atom. The van der Waals surface area contributed by atoms with E-state index in [1.807, 2.05) is 50.2 Å². The first-order valence-corrected chi connectivity index (χ1v) is 8.52. The number of hydrogen-bond acceptors (Lipinski definition) is 6. The SMILES string of the molecule is CCOc1ccc(OCC(O)Cn2nnc(-c3ccc(C)cc3)n2)cc1. The molecule has 1 heterocycles. The minimum Gasteiger partial charge on any atom is -0.494 e. The lowest BCUT2D eigenvalue weighted by molar-refractivity contribution is 0.0849. The van der Waals surface area contributed by atoms with Gasteiger partial charge in [-0.15, -0.1) is 10.2 Å². The van der Waals surface area contributed by atoms with E-state index in [9.17, 15) is 5.11 Å². The van der Waals surface area contributed by atoms with E-state index in [-0.39, 0.29) is 13.2 Å². The second-order valence-electron chi connectivity index (χ2n) is 5.90. The van der Waals surface area contributed by atoms with Crippen molar-refractivity contribution in [3.63, 3.8) is 0 Å². The molecule has 0 saturated carbocycles. The molecule has 1 aromatic heterocycles. The van der Waals surface area contributed by atoms with Crippen molar-refractivity contribution in [2.75, 3.05) is 13.2 Å². The Balaban J connectivity index is 1.52. The van der Waals surface area contributed by atoms with E-state index in [1.54, 1.807) is 12.1 Å². The highest BCUT2D eigenvalue weighted by Gasteiger charge is 2.11. The Labute approximate surface area is 152 Å². The highest BCUT2D eigenvalue weighted by molar-refractivity contribution is 5.53. The van der Waals surface area contributed by atoms with Crippen molar-refractivity contribution in [3.05, 3.63) is 54.1 Å². The van der Waals surface area contributed by atoms with Gasteiger partial charge in [-0.2, -0.15) is 4.80 Å². The molecule has 1 atom stereocenters. The molecule has 0 bridgehead atoms. The van der Waals surface area contributed by atoms with Crippen molar-refractivity contribution in [1.82, 2.24) is 20.2 Å². The zero-order chi connectivity index (χ0) is 18.4. The molecule has 3 rings (SSSR count). The van der Waals surface area contributed by atoms with E-state index < -0.39 is 6.10 Å². The van der Waals surface area contributed by atoms with Gasteiger partial charge in [-0.1, -0.05) is 29.8 Å². The van der Waals surface area contributed by atoms with Gasteiger partial charge in [-0.25, -0.2) is 0 Å². The quantitative estimate of drug-likeness (QED) is 0.669. The monoisotopic (exact) mass is 354 g/mol. The fourth-order valence-electron chi connectivity index (χ4n) is 2.37. The maximum Gasteiger partial charge on any atom is 0.204 e. The van der Waals surface area contributed by atoms with Crippen molar-refractivity contribution in [1.29, 1.82) is 0 Å². The molecule has 1 unspecified atom stereocenters. The number of tetrazole rings is 1. The third kappa shape index (κ3) is 4.80. The first-order valence-electron chi connectivity index (χ1n) is 8.52. The van der Waals surface area contributed by atoms with Gasteiger partial charge in [0.1, 0.15) is 24.2 Å². The maximum absolute atomic E-state index is 10.1. The van der Waals surface area contributed by atoms with Crippen LogP contribution < -0.4 is 9.47 Å². The van der Waals surface area contributed by atoms with Crippen LogP contribution in [0.1, 0.15) is 12.5 Å². The Morgan fingerprint density at radius 2 is 1.65 bits per heavy atom. The molecule has 7 nitrogen and oxygen atoms in total. The molecule has 0 aliphatic heterocycles. The Bertz CT molecular complexity index is 816. The van der Waals surface area contributed by atoms with Gasteiger partial charge < -0.3 is 14.6 Å². The number of rotatable bonds is 8. The number of aliphatic hydroxyl groups is 1. The zero-order valence-electron chi connectivity index (χ0n) is 14.9. The summed E-state index contributed by atoms with van der Waals surface area (Å²) in [5.74, 6) is 1.99. The van der Waals surface area contributed by atoms with Crippen LogP contribution in [0.4, 0.5) is 0 Å². The minimum absolute atomic E-state index is 0.134. The van der Waals surface area contributed by atoms with Crippen LogP contribution >= 0.6 is 0 Å². The summed E-state index contributed by atoms with van der Waals surface area (Å²) in [5.41, 5.74) is 2.06. The number of aromatic nitrogens is 4. The molecule has 0 fully saturated rings. The lowest BCUT2D eigenvalue weighted by Gasteiger charge is -2.12. The fourth-order valence-corrected chi connectivity index (χ4v) is 2.37. The standard InChI is InChI=1S/C19H22N4O3/c1-3-25-17-8-10-18(11-9-17)26-13-16(24)12-23-21-19(20-22-23)15-6-4-14(2)5-7-15/h4-11,16,24H,3,12-13H2,1-2H3. The van der Waals surface area contributed by atoms with Crippen molar-refractivity contribution in [2.45, 2.75) is 26.5 Å². The summed E-state index contributed by atoms with van der Waals surface area (Å²) in [7, 11) is 0. The van der Waals surface area contributed by atoms with Crippen molar-refractivity contribution in [3.8, 4) is 22.9 Å². The molecule has 0 radical (unpaired) electrons. The van der Waals surface area contributed by atoms with Crippen LogP contribution in [0.15, 0.2) is 48.5 Å². The van der Waals surface area contributed by atoms with Gasteiger partial charge in [0.15, 0.2) is 0 Å². The van der Waals surface area contributed by atoms with Crippen molar-refractivity contribution >= 4 is 0 Å². The van der Waals surface area contributed by atoms with Crippen LogP contribution in [0.3, 0.4) is 0 Å². The number of benzene rings is 2. The molecule has 136 valence electrons. The topological polar surface area (TPSA) is 82.3 Å². The Hall–Kier alpha value is -2.93. The van der Waals surface area contributed by atoms with Crippen LogP contribution in [0.5, 0.6) is 11.5 Å². The lowest BCUT2D eigenvalue weighted by Crippen LogP contribution is -2.24. The molecule has 0 saturated heterocycles. The predicted molar refractivity (Wildman–Crippen MR) is 97.1 cm³/mol. The van der Waals surface area contributed by atoms with Gasteiger partial charge in [0.25, 0.3) is 0 Å². The molecule has 0 aliphatic rings. The number of ether oxygens (including phenoxy) is 2. The second-order valence-corrected chi connectivity index (χ2v) is 5.90. The molecular formula is C19H22N4O3. The lowest BCUT2D eigenvalue weighted by atomic mass is 10.1. The largest absolute Gasteiger partial charge is 0.494 e. The number of hydrogen-bond donors (Lipinski definition) is 1. The summed E-state index contributed by atoms with van der Waals surface area (Å²) in [6.07, 6.45) is -0.748. The van der Waals surface area contributed by atoms with Crippen molar-refractivity contribution in [2.24, 2.45) is 0 Å². The van der Waals surface area contributed by atoms with Crippen LogP contribution in [-0.2, 0) is 6.54 Å². The highest BCUT2D eigenvalue weighted by atomic mass is 16.5. The van der Waals surface area contributed by atoms with Gasteiger partial charge >= 0.3 is 0 Å². The maximum atomic E-state index is 10.1. The summed E-state index contributed by atoms with van der Waals surface area (Å²) in [6, 6.07) is 15.2. The fraction of sp³-hybridized carbons (Fsp3) is 0.316. The van der Waals surface area contributed by atoms with Gasteiger partial charge in [-0.05, 0) is 43.3 Å². The van der Waals surface area contributed by atoms with E-state index in [0.29, 0.717) is 18.2 Å². The summed E-state index contributed by atoms with van der Waals surface area (Å²) in [6.45, 7) is 4.91. The Kier molecular flexibility index (Phi) is 5.80. The number of aliphatic hydroxyl groups excluding tert-OH is 1. The predicted octanol–water partition coefficient (Wildman–Crippen LogP) is 2.49. The number of nitrogens with zero attached hydrogens (tertiary/aromatic N) is 4. The first kappa shape index (κ1) is 17.9. The molecule has 0 amide bonds. The molecule has 0 spiro atoms. The van der Waals surface area contributed by atoms with Gasteiger partial charge in [0.05, 0.1) is 13.2 Å². The van der Waals surface area contributed by atoms with E-state index >= 15 is 0 Å². The summed E-state index contributed by atoms with van der Waals surface area (Å²) in [4.78, 5) is 1.38. The number of aryl methyl sites for hydroxylation is 1.